The summed E-state index contributed by atoms with van der Waals surface area (Å²) in [5.41, 5.74) is 1.02. The second kappa shape index (κ2) is 4.63. The van der Waals surface area contributed by atoms with Crippen molar-refractivity contribution in [2.45, 2.75) is 26.7 Å². The van der Waals surface area contributed by atoms with Gasteiger partial charge in [0, 0.05) is 0 Å². The minimum atomic E-state index is 1.02. The third-order valence-corrected chi connectivity index (χ3v) is 0.941. The van der Waals surface area contributed by atoms with Crippen LogP contribution in [0, 0.1) is 6.58 Å². The van der Waals surface area contributed by atoms with Crippen LogP contribution in [0.5, 0.6) is 0 Å². The Bertz CT molecular complexity index is 88.2. The highest BCUT2D eigenvalue weighted by atomic mass is 13.9. The lowest BCUT2D eigenvalue weighted by Crippen LogP contribution is -1.69. The van der Waals surface area contributed by atoms with E-state index >= 15 is 0 Å². The molecule has 0 aromatic rings. The average molecular weight is 109 g/mol. The molecule has 0 saturated heterocycles. The summed E-state index contributed by atoms with van der Waals surface area (Å²) in [5.74, 6) is 0. The van der Waals surface area contributed by atoms with Crippen molar-refractivity contribution in [1.29, 1.82) is 0 Å². The van der Waals surface area contributed by atoms with E-state index < -0.39 is 0 Å². The molecule has 0 bridgehead atoms. The molecule has 0 atom stereocenters. The molecule has 0 aromatic carbocycles. The molecule has 45 valence electrons. The van der Waals surface area contributed by atoms with Crippen molar-refractivity contribution in [2.24, 2.45) is 0 Å². The summed E-state index contributed by atoms with van der Waals surface area (Å²) in [6.45, 7) is 9.38. The molecule has 1 radical (unpaired) electrons. The average Bonchev–Trinajstić information content (AvgIpc) is 1.66. The van der Waals surface area contributed by atoms with Crippen molar-refractivity contribution < 1.29 is 0 Å². The van der Waals surface area contributed by atoms with Crippen molar-refractivity contribution in [3.8, 4) is 0 Å². The van der Waals surface area contributed by atoms with Crippen LogP contribution >= 0.6 is 0 Å². The molecule has 0 rings (SSSR count). The van der Waals surface area contributed by atoms with Crippen LogP contribution in [-0.2, 0) is 0 Å². The molecule has 0 aliphatic rings. The van der Waals surface area contributed by atoms with Gasteiger partial charge in [0.1, 0.15) is 0 Å². The van der Waals surface area contributed by atoms with E-state index in [1.807, 2.05) is 19.9 Å². The lowest BCUT2D eigenvalue weighted by Gasteiger charge is -1.89. The predicted molar refractivity (Wildman–Crippen MR) is 37.5 cm³/mol. The second-order valence-corrected chi connectivity index (χ2v) is 1.95. The van der Waals surface area contributed by atoms with Crippen molar-refractivity contribution in [3.05, 3.63) is 24.3 Å². The van der Waals surface area contributed by atoms with Gasteiger partial charge in [0.05, 0.1) is 0 Å². The van der Waals surface area contributed by atoms with Crippen LogP contribution in [0.3, 0.4) is 0 Å². The second-order valence-electron chi connectivity index (χ2n) is 1.95. The van der Waals surface area contributed by atoms with Crippen LogP contribution in [0.1, 0.15) is 26.7 Å². The third-order valence-electron chi connectivity index (χ3n) is 0.941. The molecular formula is C8H13. The van der Waals surface area contributed by atoms with Gasteiger partial charge in [-0.15, -0.1) is 0 Å². The minimum absolute atomic E-state index is 1.02. The maximum Gasteiger partial charge on any atom is -0.0285 e. The van der Waals surface area contributed by atoms with Gasteiger partial charge in [-0.25, -0.2) is 0 Å². The lowest BCUT2D eigenvalue weighted by molar-refractivity contribution is 0.979. The molecule has 0 heterocycles. The number of hydrogen-bond donors (Lipinski definition) is 0. The van der Waals surface area contributed by atoms with E-state index in [9.17, 15) is 0 Å². The molecular weight excluding hydrogens is 96.1 g/mol. The highest BCUT2D eigenvalue weighted by molar-refractivity contribution is 4.89. The summed E-state index contributed by atoms with van der Waals surface area (Å²) in [6, 6.07) is 0. The van der Waals surface area contributed by atoms with E-state index in [-0.39, 0.29) is 0 Å². The van der Waals surface area contributed by atoms with Gasteiger partial charge in [-0.2, -0.15) is 0 Å². The van der Waals surface area contributed by atoms with Gasteiger partial charge < -0.3 is 0 Å². The Balaban J connectivity index is 3.05. The van der Waals surface area contributed by atoms with E-state index in [0.29, 0.717) is 0 Å². The van der Waals surface area contributed by atoms with Gasteiger partial charge in [0.2, 0.25) is 0 Å². The van der Waals surface area contributed by atoms with Crippen LogP contribution in [0.25, 0.3) is 0 Å². The summed E-state index contributed by atoms with van der Waals surface area (Å²) in [5, 5.41) is 0. The normalized spacial score (nSPS) is 10.2. The van der Waals surface area contributed by atoms with Crippen LogP contribution in [0.15, 0.2) is 17.7 Å². The number of rotatable bonds is 3. The molecule has 0 fully saturated rings. The van der Waals surface area contributed by atoms with Crippen molar-refractivity contribution in [3.63, 3.8) is 0 Å². The molecule has 0 saturated carbocycles. The molecule has 0 amide bonds. The largest absolute Gasteiger partial charge is 0.0917 e. The van der Waals surface area contributed by atoms with Crippen LogP contribution < -0.4 is 0 Å². The molecule has 0 N–H and O–H groups in total. The molecule has 0 unspecified atom stereocenters. The predicted octanol–water partition coefficient (Wildman–Crippen LogP) is 2.72. The van der Waals surface area contributed by atoms with Gasteiger partial charge in [-0.1, -0.05) is 24.3 Å². The molecule has 0 spiro atoms. The van der Waals surface area contributed by atoms with Gasteiger partial charge in [0.25, 0.3) is 0 Å². The molecule has 0 aliphatic heterocycles. The molecule has 0 nitrogen and oxygen atoms in total. The Morgan fingerprint density at radius 2 is 2.25 bits per heavy atom. The Morgan fingerprint density at radius 3 is 2.62 bits per heavy atom. The quantitative estimate of drug-likeness (QED) is 0.489. The van der Waals surface area contributed by atoms with E-state index in [2.05, 4.69) is 6.08 Å². The molecule has 8 heavy (non-hydrogen) atoms. The summed E-state index contributed by atoms with van der Waals surface area (Å²) in [7, 11) is 0. The smallest absolute Gasteiger partial charge is 0.0285 e. The zero-order chi connectivity index (χ0) is 6.41. The highest BCUT2D eigenvalue weighted by Gasteiger charge is 1.79. The Kier molecular flexibility index (Phi) is 4.33. The molecule has 0 heteroatoms. The minimum Gasteiger partial charge on any atom is -0.0917 e. The summed E-state index contributed by atoms with van der Waals surface area (Å²) < 4.78 is 0. The topological polar surface area (TPSA) is 0 Å². The van der Waals surface area contributed by atoms with Crippen molar-refractivity contribution in [1.82, 2.24) is 0 Å². The Morgan fingerprint density at radius 1 is 1.62 bits per heavy atom. The maximum atomic E-state index is 5.42. The fourth-order valence-corrected chi connectivity index (χ4v) is 0.478. The molecule has 0 aromatic heterocycles. The van der Waals surface area contributed by atoms with Crippen molar-refractivity contribution >= 4 is 0 Å². The highest BCUT2D eigenvalue weighted by Crippen LogP contribution is 1.99. The first-order chi connectivity index (χ1) is 3.77. The maximum absolute atomic E-state index is 5.42. The monoisotopic (exact) mass is 109 g/mol. The van der Waals surface area contributed by atoms with Gasteiger partial charge in [-0.05, 0) is 26.7 Å². The first-order valence-electron chi connectivity index (χ1n) is 2.96. The lowest BCUT2D eigenvalue weighted by atomic mass is 10.2. The van der Waals surface area contributed by atoms with E-state index in [4.69, 9.17) is 6.58 Å². The van der Waals surface area contributed by atoms with Gasteiger partial charge in [0.15, 0.2) is 0 Å². The van der Waals surface area contributed by atoms with Crippen molar-refractivity contribution in [2.75, 3.05) is 0 Å². The van der Waals surface area contributed by atoms with Gasteiger partial charge >= 0.3 is 0 Å². The Hall–Kier alpha value is -0.520. The fourth-order valence-electron chi connectivity index (χ4n) is 0.478. The van der Waals surface area contributed by atoms with Crippen LogP contribution in [0.4, 0.5) is 0 Å². The first kappa shape index (κ1) is 7.48. The Labute approximate surface area is 51.9 Å². The molecule has 0 aliphatic carbocycles. The SMILES string of the molecule is [CH]=C(C)CCC=CC. The van der Waals surface area contributed by atoms with Gasteiger partial charge in [-0.3, -0.25) is 0 Å². The van der Waals surface area contributed by atoms with Crippen LogP contribution in [0.2, 0.25) is 0 Å². The van der Waals surface area contributed by atoms with E-state index in [0.717, 1.165) is 18.4 Å². The number of allylic oxidation sites excluding steroid dienone is 3. The third kappa shape index (κ3) is 5.48. The fraction of sp³-hybridized carbons (Fsp3) is 0.500. The first-order valence-corrected chi connectivity index (χ1v) is 2.96. The van der Waals surface area contributed by atoms with E-state index in [1.165, 1.54) is 0 Å². The standard InChI is InChI=1S/C8H13/c1-4-5-6-7-8(2)3/h2,4-5H,6-7H2,1,3H3. The summed E-state index contributed by atoms with van der Waals surface area (Å²) >= 11 is 0. The zero-order valence-electron chi connectivity index (χ0n) is 5.65. The summed E-state index contributed by atoms with van der Waals surface area (Å²) in [6.07, 6.45) is 6.27. The zero-order valence-corrected chi connectivity index (χ0v) is 5.65. The van der Waals surface area contributed by atoms with Crippen LogP contribution in [-0.4, -0.2) is 0 Å². The summed E-state index contributed by atoms with van der Waals surface area (Å²) in [4.78, 5) is 0. The number of hydrogen-bond acceptors (Lipinski definition) is 0. The van der Waals surface area contributed by atoms with E-state index in [1.54, 1.807) is 0 Å².